The predicted molar refractivity (Wildman–Crippen MR) is 70.6 cm³/mol. The largest absolute Gasteiger partial charge is 0.421 e. The number of rotatable bonds is 5. The van der Waals surface area contributed by atoms with Gasteiger partial charge in [-0.1, -0.05) is 0 Å². The average Bonchev–Trinajstić information content (AvgIpc) is 2.85. The molecule has 1 heterocycles. The molecule has 0 fully saturated rings. The number of aryl methyl sites for hydroxylation is 1. The molecule has 5 heteroatoms. The Morgan fingerprint density at radius 1 is 1.24 bits per heavy atom. The SMILES string of the molecule is CSc1ccc(-c2nnc(CCCCl)o2)cc1. The van der Waals surface area contributed by atoms with Crippen molar-refractivity contribution in [3.63, 3.8) is 0 Å². The van der Waals surface area contributed by atoms with E-state index in [-0.39, 0.29) is 0 Å². The van der Waals surface area contributed by atoms with E-state index in [4.69, 9.17) is 16.0 Å². The minimum absolute atomic E-state index is 0.572. The number of hydrogen-bond donors (Lipinski definition) is 0. The summed E-state index contributed by atoms with van der Waals surface area (Å²) in [6.07, 6.45) is 3.64. The molecule has 0 atom stereocenters. The number of hydrogen-bond acceptors (Lipinski definition) is 4. The number of nitrogens with zero attached hydrogens (tertiary/aromatic N) is 2. The topological polar surface area (TPSA) is 38.9 Å². The van der Waals surface area contributed by atoms with Gasteiger partial charge in [-0.25, -0.2) is 0 Å². The molecule has 0 aliphatic rings. The molecule has 2 rings (SSSR count). The molecular formula is C12H13ClN2OS. The normalized spacial score (nSPS) is 10.7. The zero-order valence-electron chi connectivity index (χ0n) is 9.52. The molecule has 2 aromatic rings. The summed E-state index contributed by atoms with van der Waals surface area (Å²) in [5.41, 5.74) is 0.951. The van der Waals surface area contributed by atoms with Crippen LogP contribution in [0, 0.1) is 0 Å². The number of aromatic nitrogens is 2. The van der Waals surface area contributed by atoms with E-state index in [1.54, 1.807) is 11.8 Å². The summed E-state index contributed by atoms with van der Waals surface area (Å²) in [6, 6.07) is 8.07. The van der Waals surface area contributed by atoms with Gasteiger partial charge in [-0.05, 0) is 36.9 Å². The van der Waals surface area contributed by atoms with Crippen LogP contribution in [0.5, 0.6) is 0 Å². The highest BCUT2D eigenvalue weighted by Crippen LogP contribution is 2.22. The van der Waals surface area contributed by atoms with Crippen molar-refractivity contribution in [3.8, 4) is 11.5 Å². The molecule has 0 amide bonds. The van der Waals surface area contributed by atoms with Gasteiger partial charge in [0.15, 0.2) is 0 Å². The summed E-state index contributed by atoms with van der Waals surface area (Å²) < 4.78 is 5.56. The Kier molecular flexibility index (Phi) is 4.45. The van der Waals surface area contributed by atoms with Crippen LogP contribution >= 0.6 is 23.4 Å². The Morgan fingerprint density at radius 3 is 2.65 bits per heavy atom. The molecule has 0 saturated carbocycles. The van der Waals surface area contributed by atoms with Crippen molar-refractivity contribution in [1.29, 1.82) is 0 Å². The second-order valence-corrected chi connectivity index (χ2v) is 4.78. The van der Waals surface area contributed by atoms with Gasteiger partial charge in [0.2, 0.25) is 11.8 Å². The molecule has 0 saturated heterocycles. The molecule has 1 aromatic carbocycles. The summed E-state index contributed by atoms with van der Waals surface area (Å²) in [5.74, 6) is 1.83. The fourth-order valence-electron chi connectivity index (χ4n) is 1.42. The van der Waals surface area contributed by atoms with E-state index in [1.165, 1.54) is 4.90 Å². The lowest BCUT2D eigenvalue weighted by atomic mass is 10.2. The Morgan fingerprint density at radius 2 is 2.00 bits per heavy atom. The summed E-state index contributed by atoms with van der Waals surface area (Å²) in [4.78, 5) is 1.22. The van der Waals surface area contributed by atoms with Gasteiger partial charge < -0.3 is 4.42 Å². The van der Waals surface area contributed by atoms with E-state index < -0.39 is 0 Å². The van der Waals surface area contributed by atoms with Gasteiger partial charge in [-0.2, -0.15) is 0 Å². The van der Waals surface area contributed by atoms with Crippen LogP contribution in [0.1, 0.15) is 12.3 Å². The quantitative estimate of drug-likeness (QED) is 0.613. The van der Waals surface area contributed by atoms with Gasteiger partial charge in [0.05, 0.1) is 0 Å². The lowest BCUT2D eigenvalue weighted by molar-refractivity contribution is 0.502. The number of thioether (sulfide) groups is 1. The van der Waals surface area contributed by atoms with Gasteiger partial charge in [-0.3, -0.25) is 0 Å². The molecule has 0 aliphatic heterocycles. The fraction of sp³-hybridized carbons (Fsp3) is 0.333. The van der Waals surface area contributed by atoms with Crippen LogP contribution < -0.4 is 0 Å². The van der Waals surface area contributed by atoms with Crippen molar-refractivity contribution in [2.24, 2.45) is 0 Å². The zero-order chi connectivity index (χ0) is 12.1. The first-order chi connectivity index (χ1) is 8.33. The highest BCUT2D eigenvalue weighted by atomic mass is 35.5. The third-order valence-corrected chi connectivity index (χ3v) is 3.34. The minimum atomic E-state index is 0.572. The monoisotopic (exact) mass is 268 g/mol. The van der Waals surface area contributed by atoms with Gasteiger partial charge in [0.25, 0.3) is 0 Å². The molecule has 90 valence electrons. The van der Waals surface area contributed by atoms with Crippen molar-refractivity contribution in [1.82, 2.24) is 10.2 Å². The van der Waals surface area contributed by atoms with Crippen molar-refractivity contribution < 1.29 is 4.42 Å². The molecule has 3 nitrogen and oxygen atoms in total. The van der Waals surface area contributed by atoms with E-state index >= 15 is 0 Å². The lowest BCUT2D eigenvalue weighted by Gasteiger charge is -1.97. The standard InChI is InChI=1S/C12H13ClN2OS/c1-17-10-6-4-9(5-7-10)12-15-14-11(16-12)3-2-8-13/h4-7H,2-3,8H2,1H3. The summed E-state index contributed by atoms with van der Waals surface area (Å²) in [6.45, 7) is 0. The molecule has 0 radical (unpaired) electrons. The van der Waals surface area contributed by atoms with E-state index in [2.05, 4.69) is 10.2 Å². The minimum Gasteiger partial charge on any atom is -0.421 e. The molecule has 0 bridgehead atoms. The van der Waals surface area contributed by atoms with Gasteiger partial charge >= 0.3 is 0 Å². The van der Waals surface area contributed by atoms with Gasteiger partial charge in [-0.15, -0.1) is 33.6 Å². The van der Waals surface area contributed by atoms with E-state index in [0.29, 0.717) is 17.7 Å². The third kappa shape index (κ3) is 3.23. The van der Waals surface area contributed by atoms with Crippen LogP contribution in [-0.2, 0) is 6.42 Å². The highest BCUT2D eigenvalue weighted by molar-refractivity contribution is 7.98. The molecule has 0 unspecified atom stereocenters. The van der Waals surface area contributed by atoms with Gasteiger partial charge in [0, 0.05) is 22.8 Å². The molecule has 0 spiro atoms. The highest BCUT2D eigenvalue weighted by Gasteiger charge is 2.07. The van der Waals surface area contributed by atoms with Crippen LogP contribution in [0.3, 0.4) is 0 Å². The Labute approximate surface area is 110 Å². The first kappa shape index (κ1) is 12.5. The molecule has 1 aromatic heterocycles. The molecule has 0 aliphatic carbocycles. The molecule has 0 N–H and O–H groups in total. The fourth-order valence-corrected chi connectivity index (χ4v) is 1.96. The van der Waals surface area contributed by atoms with E-state index in [0.717, 1.165) is 18.4 Å². The summed E-state index contributed by atoms with van der Waals surface area (Å²) >= 11 is 7.32. The maximum atomic E-state index is 5.62. The zero-order valence-corrected chi connectivity index (χ0v) is 11.1. The second-order valence-electron chi connectivity index (χ2n) is 3.52. The van der Waals surface area contributed by atoms with Crippen molar-refractivity contribution in [2.75, 3.05) is 12.1 Å². The number of halogens is 1. The van der Waals surface area contributed by atoms with Crippen molar-refractivity contribution in [2.45, 2.75) is 17.7 Å². The van der Waals surface area contributed by atoms with Gasteiger partial charge in [0.1, 0.15) is 0 Å². The Bertz CT molecular complexity index is 470. The van der Waals surface area contributed by atoms with Crippen molar-refractivity contribution in [3.05, 3.63) is 30.2 Å². The third-order valence-electron chi connectivity index (χ3n) is 2.33. The first-order valence-corrected chi connectivity index (χ1v) is 7.12. The van der Waals surface area contributed by atoms with Crippen LogP contribution in [0.25, 0.3) is 11.5 Å². The second kappa shape index (κ2) is 6.07. The Hall–Kier alpha value is -1.00. The smallest absolute Gasteiger partial charge is 0.247 e. The lowest BCUT2D eigenvalue weighted by Crippen LogP contribution is -1.85. The maximum absolute atomic E-state index is 5.62. The Balaban J connectivity index is 2.12. The number of benzene rings is 1. The first-order valence-electron chi connectivity index (χ1n) is 5.36. The predicted octanol–water partition coefficient (Wildman–Crippen LogP) is 3.63. The summed E-state index contributed by atoms with van der Waals surface area (Å²) in [7, 11) is 0. The maximum Gasteiger partial charge on any atom is 0.247 e. The molecule has 17 heavy (non-hydrogen) atoms. The van der Waals surface area contributed by atoms with E-state index in [9.17, 15) is 0 Å². The van der Waals surface area contributed by atoms with Crippen LogP contribution in [0.2, 0.25) is 0 Å². The number of alkyl halides is 1. The summed E-state index contributed by atoms with van der Waals surface area (Å²) in [5, 5.41) is 8.02. The molecular weight excluding hydrogens is 256 g/mol. The average molecular weight is 269 g/mol. The van der Waals surface area contributed by atoms with E-state index in [1.807, 2.05) is 30.5 Å². The van der Waals surface area contributed by atoms with Crippen LogP contribution in [0.4, 0.5) is 0 Å². The van der Waals surface area contributed by atoms with Crippen LogP contribution in [-0.4, -0.2) is 22.3 Å². The van der Waals surface area contributed by atoms with Crippen LogP contribution in [0.15, 0.2) is 33.6 Å². The van der Waals surface area contributed by atoms with Crippen molar-refractivity contribution >= 4 is 23.4 Å².